The van der Waals surface area contributed by atoms with Gasteiger partial charge in [0.05, 0.1) is 0 Å². The number of nitrogens with one attached hydrogen (secondary N) is 1. The van der Waals surface area contributed by atoms with Gasteiger partial charge in [-0.1, -0.05) is 13.8 Å². The molecule has 0 radical (unpaired) electrons. The zero-order valence-corrected chi connectivity index (χ0v) is 11.2. The van der Waals surface area contributed by atoms with Crippen molar-refractivity contribution in [3.05, 3.63) is 17.9 Å². The molecule has 3 atom stereocenters. The Morgan fingerprint density at radius 3 is 2.56 bits per heavy atom. The lowest BCUT2D eigenvalue weighted by atomic mass is 9.98. The van der Waals surface area contributed by atoms with Crippen LogP contribution in [0.3, 0.4) is 0 Å². The van der Waals surface area contributed by atoms with Crippen molar-refractivity contribution in [1.29, 1.82) is 0 Å². The Morgan fingerprint density at radius 1 is 1.33 bits per heavy atom. The van der Waals surface area contributed by atoms with Crippen LogP contribution in [0.2, 0.25) is 0 Å². The minimum atomic E-state index is -3.66. The van der Waals surface area contributed by atoms with E-state index >= 15 is 0 Å². The molecule has 5 nitrogen and oxygen atoms in total. The highest BCUT2D eigenvalue weighted by atomic mass is 32.2. The number of hydrogen-bond donors (Lipinski definition) is 1. The second kappa shape index (κ2) is 4.85. The van der Waals surface area contributed by atoms with E-state index in [1.54, 1.807) is 0 Å². The highest BCUT2D eigenvalue weighted by molar-refractivity contribution is 7.89. The van der Waals surface area contributed by atoms with Crippen molar-refractivity contribution in [3.8, 4) is 0 Å². The molecule has 1 aromatic rings. The first-order valence-electron chi connectivity index (χ1n) is 6.01. The number of furan rings is 1. The fourth-order valence-electron chi connectivity index (χ4n) is 2.33. The molecule has 0 aliphatic heterocycles. The first-order valence-corrected chi connectivity index (χ1v) is 7.49. The van der Waals surface area contributed by atoms with Gasteiger partial charge in [-0.2, -0.15) is 0 Å². The second-order valence-electron chi connectivity index (χ2n) is 4.92. The molecule has 1 aliphatic rings. The lowest BCUT2D eigenvalue weighted by Gasteiger charge is -2.18. The van der Waals surface area contributed by atoms with Crippen molar-refractivity contribution in [3.63, 3.8) is 0 Å². The third-order valence-corrected chi connectivity index (χ3v) is 5.12. The molecule has 100 valence electrons. The fourth-order valence-corrected chi connectivity index (χ4v) is 3.63. The van der Waals surface area contributed by atoms with Gasteiger partial charge in [-0.25, -0.2) is 13.1 Å². The van der Waals surface area contributed by atoms with Gasteiger partial charge in [0.2, 0.25) is 5.09 Å². The van der Waals surface area contributed by atoms with Gasteiger partial charge < -0.3 is 4.42 Å². The first kappa shape index (κ1) is 13.3. The molecule has 0 spiro atoms. The molecule has 3 unspecified atom stereocenters. The van der Waals surface area contributed by atoms with E-state index in [0.717, 1.165) is 12.8 Å². The zero-order valence-electron chi connectivity index (χ0n) is 10.4. The molecular weight excluding hydrogens is 254 g/mol. The summed E-state index contributed by atoms with van der Waals surface area (Å²) >= 11 is 0. The number of sulfonamides is 1. The number of aldehydes is 1. The van der Waals surface area contributed by atoms with Gasteiger partial charge in [0.15, 0.2) is 12.0 Å². The molecule has 0 bridgehead atoms. The molecule has 1 aromatic heterocycles. The Labute approximate surface area is 107 Å². The van der Waals surface area contributed by atoms with Crippen LogP contribution in [-0.2, 0) is 10.0 Å². The lowest BCUT2D eigenvalue weighted by Crippen LogP contribution is -2.37. The minimum absolute atomic E-state index is 0.0169. The van der Waals surface area contributed by atoms with Crippen LogP contribution in [0.15, 0.2) is 21.6 Å². The smallest absolute Gasteiger partial charge is 0.274 e. The van der Waals surface area contributed by atoms with E-state index in [9.17, 15) is 13.2 Å². The summed E-state index contributed by atoms with van der Waals surface area (Å²) in [6.45, 7) is 4.17. The number of carbonyl (C=O) groups is 1. The van der Waals surface area contributed by atoms with Gasteiger partial charge in [0.25, 0.3) is 10.0 Å². The summed E-state index contributed by atoms with van der Waals surface area (Å²) in [5, 5.41) is -0.198. The van der Waals surface area contributed by atoms with Crippen LogP contribution in [-0.4, -0.2) is 20.7 Å². The molecule has 6 heteroatoms. The van der Waals surface area contributed by atoms with Gasteiger partial charge in [-0.15, -0.1) is 0 Å². The summed E-state index contributed by atoms with van der Waals surface area (Å²) in [6, 6.07) is 2.59. The molecular formula is C12H17NO4S. The summed E-state index contributed by atoms with van der Waals surface area (Å²) in [7, 11) is -3.66. The van der Waals surface area contributed by atoms with Gasteiger partial charge >= 0.3 is 0 Å². The average Bonchev–Trinajstić information content (AvgIpc) is 2.91. The van der Waals surface area contributed by atoms with Crippen LogP contribution in [0.5, 0.6) is 0 Å². The van der Waals surface area contributed by atoms with Crippen molar-refractivity contribution in [1.82, 2.24) is 4.72 Å². The quantitative estimate of drug-likeness (QED) is 0.847. The zero-order chi connectivity index (χ0) is 13.3. The summed E-state index contributed by atoms with van der Waals surface area (Å²) in [5.41, 5.74) is 0. The maximum atomic E-state index is 12.0. The molecule has 18 heavy (non-hydrogen) atoms. The predicted molar refractivity (Wildman–Crippen MR) is 65.8 cm³/mol. The Kier molecular flexibility index (Phi) is 3.59. The van der Waals surface area contributed by atoms with Crippen LogP contribution in [0, 0.1) is 11.8 Å². The van der Waals surface area contributed by atoms with Crippen molar-refractivity contribution in [2.75, 3.05) is 0 Å². The third kappa shape index (κ3) is 2.49. The molecule has 0 saturated heterocycles. The average molecular weight is 271 g/mol. The molecule has 0 amide bonds. The van der Waals surface area contributed by atoms with E-state index in [0.29, 0.717) is 18.1 Å². The Balaban J connectivity index is 2.15. The summed E-state index contributed by atoms with van der Waals surface area (Å²) in [6.07, 6.45) is 2.34. The molecule has 0 aromatic carbocycles. The summed E-state index contributed by atoms with van der Waals surface area (Å²) in [4.78, 5) is 10.5. The van der Waals surface area contributed by atoms with Crippen LogP contribution >= 0.6 is 0 Å². The number of hydrogen-bond acceptors (Lipinski definition) is 4. The number of carbonyl (C=O) groups excluding carboxylic acids is 1. The molecule has 1 fully saturated rings. The van der Waals surface area contributed by atoms with Crippen LogP contribution < -0.4 is 4.72 Å². The van der Waals surface area contributed by atoms with E-state index in [-0.39, 0.29) is 16.9 Å². The normalized spacial score (nSPS) is 28.4. The highest BCUT2D eigenvalue weighted by Crippen LogP contribution is 2.32. The van der Waals surface area contributed by atoms with Crippen LogP contribution in [0.4, 0.5) is 0 Å². The van der Waals surface area contributed by atoms with Gasteiger partial charge in [0, 0.05) is 6.04 Å². The molecule has 1 saturated carbocycles. The minimum Gasteiger partial charge on any atom is -0.440 e. The van der Waals surface area contributed by atoms with Gasteiger partial charge in [-0.3, -0.25) is 4.79 Å². The maximum Gasteiger partial charge on any atom is 0.274 e. The van der Waals surface area contributed by atoms with E-state index in [1.807, 2.05) is 6.92 Å². The molecule has 1 N–H and O–H groups in total. The standard InChI is InChI=1S/C12H17NO4S/c1-8-3-5-11(9(8)2)13-18(15,16)12-6-4-10(7-14)17-12/h4,6-9,11,13H,3,5H2,1-2H3. The van der Waals surface area contributed by atoms with Crippen LogP contribution in [0.1, 0.15) is 37.2 Å². The van der Waals surface area contributed by atoms with Gasteiger partial charge in [0.1, 0.15) is 0 Å². The monoisotopic (exact) mass is 271 g/mol. The van der Waals surface area contributed by atoms with E-state index in [1.165, 1.54) is 12.1 Å². The molecule has 1 aliphatic carbocycles. The SMILES string of the molecule is CC1CCC(NS(=O)(=O)c2ccc(C=O)o2)C1C. The van der Waals surface area contributed by atoms with Crippen molar-refractivity contribution in [2.45, 2.75) is 37.8 Å². The van der Waals surface area contributed by atoms with E-state index < -0.39 is 10.0 Å². The second-order valence-corrected chi connectivity index (χ2v) is 6.56. The molecule has 1 heterocycles. The third-order valence-electron chi connectivity index (χ3n) is 3.75. The van der Waals surface area contributed by atoms with Crippen molar-refractivity contribution in [2.24, 2.45) is 11.8 Å². The fraction of sp³-hybridized carbons (Fsp3) is 0.583. The van der Waals surface area contributed by atoms with Crippen molar-refractivity contribution >= 4 is 16.3 Å². The first-order chi connectivity index (χ1) is 8.44. The van der Waals surface area contributed by atoms with Gasteiger partial charge in [-0.05, 0) is 36.8 Å². The summed E-state index contributed by atoms with van der Waals surface area (Å²) in [5.74, 6) is 0.836. The Hall–Kier alpha value is -1.14. The Bertz CT molecular complexity index is 534. The number of rotatable bonds is 4. The van der Waals surface area contributed by atoms with E-state index in [2.05, 4.69) is 11.6 Å². The molecule has 2 rings (SSSR count). The van der Waals surface area contributed by atoms with Crippen LogP contribution in [0.25, 0.3) is 0 Å². The Morgan fingerprint density at radius 2 is 2.06 bits per heavy atom. The van der Waals surface area contributed by atoms with Crippen molar-refractivity contribution < 1.29 is 17.6 Å². The lowest BCUT2D eigenvalue weighted by molar-refractivity contribution is 0.109. The highest BCUT2D eigenvalue weighted by Gasteiger charge is 2.33. The van der Waals surface area contributed by atoms with E-state index in [4.69, 9.17) is 4.42 Å². The predicted octanol–water partition coefficient (Wildman–Crippen LogP) is 1.80. The largest absolute Gasteiger partial charge is 0.440 e. The summed E-state index contributed by atoms with van der Waals surface area (Å²) < 4.78 is 31.7. The maximum absolute atomic E-state index is 12.0. The topological polar surface area (TPSA) is 76.4 Å².